The van der Waals surface area contributed by atoms with Crippen LogP contribution in [0.1, 0.15) is 36.0 Å². The van der Waals surface area contributed by atoms with Gasteiger partial charge in [0, 0.05) is 24.9 Å². The van der Waals surface area contributed by atoms with E-state index in [4.69, 9.17) is 5.11 Å². The average Bonchev–Trinajstić information content (AvgIpc) is 2.32. The van der Waals surface area contributed by atoms with Gasteiger partial charge in [-0.2, -0.15) is 0 Å². The molecule has 0 atom stereocenters. The van der Waals surface area contributed by atoms with Gasteiger partial charge in [-0.1, -0.05) is 0 Å². The van der Waals surface area contributed by atoms with Gasteiger partial charge in [-0.15, -0.1) is 0 Å². The Morgan fingerprint density at radius 1 is 1.33 bits per heavy atom. The Hall–Kier alpha value is -1.91. The van der Waals surface area contributed by atoms with Crippen molar-refractivity contribution in [2.75, 3.05) is 0 Å². The first kappa shape index (κ1) is 12.5. The highest BCUT2D eigenvalue weighted by Gasteiger charge is 2.21. The van der Waals surface area contributed by atoms with Crippen molar-refractivity contribution in [1.82, 2.24) is 5.32 Å². The summed E-state index contributed by atoms with van der Waals surface area (Å²) in [4.78, 5) is 22.9. The topological polar surface area (TPSA) is 66.4 Å². The van der Waals surface area contributed by atoms with E-state index in [2.05, 4.69) is 5.32 Å². The molecule has 96 valence electrons. The monoisotopic (exact) mass is 251 g/mol. The Morgan fingerprint density at radius 2 is 2.00 bits per heavy atom. The minimum absolute atomic E-state index is 0.0802. The van der Waals surface area contributed by atoms with Crippen LogP contribution in [0.5, 0.6) is 5.75 Å². The summed E-state index contributed by atoms with van der Waals surface area (Å²) < 4.78 is 13.4. The molecular formula is C13H14FNO3. The zero-order chi connectivity index (χ0) is 13.1. The van der Waals surface area contributed by atoms with E-state index in [9.17, 15) is 14.0 Å². The van der Waals surface area contributed by atoms with Crippen LogP contribution in [0.25, 0.3) is 0 Å². The zero-order valence-corrected chi connectivity index (χ0v) is 9.78. The van der Waals surface area contributed by atoms with Crippen molar-refractivity contribution in [1.29, 1.82) is 0 Å². The number of hydrogen-bond donors (Lipinski definition) is 2. The van der Waals surface area contributed by atoms with E-state index >= 15 is 0 Å². The number of benzene rings is 1. The lowest BCUT2D eigenvalue weighted by molar-refractivity contribution is -0.120. The van der Waals surface area contributed by atoms with Crippen LogP contribution >= 0.6 is 0 Å². The number of phenols is 1. The maximum Gasteiger partial charge on any atom is 0.254 e. The van der Waals surface area contributed by atoms with Gasteiger partial charge in [0.2, 0.25) is 0 Å². The second-order valence-corrected chi connectivity index (χ2v) is 4.45. The molecule has 1 aliphatic rings. The first-order valence-corrected chi connectivity index (χ1v) is 5.87. The molecule has 1 amide bonds. The van der Waals surface area contributed by atoms with Gasteiger partial charge >= 0.3 is 0 Å². The number of carbonyl (C=O) groups is 2. The highest BCUT2D eigenvalue weighted by atomic mass is 19.1. The molecule has 0 saturated heterocycles. The molecule has 2 N–H and O–H groups in total. The molecule has 4 nitrogen and oxygen atoms in total. The van der Waals surface area contributed by atoms with Crippen molar-refractivity contribution in [2.45, 2.75) is 31.7 Å². The number of rotatable bonds is 2. The van der Waals surface area contributed by atoms with Gasteiger partial charge in [-0.05, 0) is 25.0 Å². The van der Waals surface area contributed by atoms with Crippen molar-refractivity contribution >= 4 is 11.7 Å². The third kappa shape index (κ3) is 2.85. The summed E-state index contributed by atoms with van der Waals surface area (Å²) in [5.41, 5.74) is -0.0929. The standard InChI is InChI=1S/C13H14FNO3/c14-12-7-10(17)5-6-11(12)13(18)15-8-1-3-9(16)4-2-8/h5-8,17H,1-4H2,(H,15,18). The molecule has 0 heterocycles. The van der Waals surface area contributed by atoms with E-state index in [-0.39, 0.29) is 23.1 Å². The van der Waals surface area contributed by atoms with Gasteiger partial charge in [-0.25, -0.2) is 4.39 Å². The maximum absolute atomic E-state index is 13.4. The number of hydrogen-bond acceptors (Lipinski definition) is 3. The minimum atomic E-state index is -0.751. The molecule has 0 spiro atoms. The highest BCUT2D eigenvalue weighted by Crippen LogP contribution is 2.18. The second-order valence-electron chi connectivity index (χ2n) is 4.45. The zero-order valence-electron chi connectivity index (χ0n) is 9.78. The smallest absolute Gasteiger partial charge is 0.254 e. The fourth-order valence-electron chi connectivity index (χ4n) is 2.04. The molecule has 2 rings (SSSR count). The molecule has 0 radical (unpaired) electrons. The summed E-state index contributed by atoms with van der Waals surface area (Å²) in [6, 6.07) is 3.33. The molecule has 1 fully saturated rings. The lowest BCUT2D eigenvalue weighted by atomic mass is 9.94. The molecule has 18 heavy (non-hydrogen) atoms. The SMILES string of the molecule is O=C1CCC(NC(=O)c2ccc(O)cc2F)CC1. The fourth-order valence-corrected chi connectivity index (χ4v) is 2.04. The van der Waals surface area contributed by atoms with Gasteiger partial charge in [-0.3, -0.25) is 9.59 Å². The van der Waals surface area contributed by atoms with Crippen LogP contribution in [-0.4, -0.2) is 22.8 Å². The van der Waals surface area contributed by atoms with Gasteiger partial charge < -0.3 is 10.4 Å². The number of amides is 1. The predicted octanol–water partition coefficient (Wildman–Crippen LogP) is 1.77. The predicted molar refractivity (Wildman–Crippen MR) is 62.8 cm³/mol. The molecule has 0 bridgehead atoms. The largest absolute Gasteiger partial charge is 0.508 e. The number of nitrogens with one attached hydrogen (secondary N) is 1. The summed E-state index contributed by atoms with van der Waals surface area (Å²) in [7, 11) is 0. The molecule has 0 unspecified atom stereocenters. The summed E-state index contributed by atoms with van der Waals surface area (Å²) in [6.07, 6.45) is 2.13. The first-order valence-electron chi connectivity index (χ1n) is 5.87. The van der Waals surface area contributed by atoms with Gasteiger partial charge in [0.25, 0.3) is 5.91 Å². The Balaban J connectivity index is 2.01. The average molecular weight is 251 g/mol. The van der Waals surface area contributed by atoms with Crippen molar-refractivity contribution in [3.63, 3.8) is 0 Å². The van der Waals surface area contributed by atoms with Crippen molar-refractivity contribution in [3.05, 3.63) is 29.6 Å². The van der Waals surface area contributed by atoms with Crippen LogP contribution < -0.4 is 5.32 Å². The van der Waals surface area contributed by atoms with E-state index in [1.165, 1.54) is 12.1 Å². The van der Waals surface area contributed by atoms with E-state index in [0.717, 1.165) is 6.07 Å². The second kappa shape index (κ2) is 5.16. The Labute approximate surface area is 104 Å². The Kier molecular flexibility index (Phi) is 3.60. The minimum Gasteiger partial charge on any atom is -0.508 e. The molecule has 1 aromatic carbocycles. The summed E-state index contributed by atoms with van der Waals surface area (Å²) in [5, 5.41) is 11.8. The number of phenolic OH excluding ortho intramolecular Hbond substituents is 1. The Bertz CT molecular complexity index is 477. The van der Waals surface area contributed by atoms with Crippen molar-refractivity contribution in [3.8, 4) is 5.75 Å². The van der Waals surface area contributed by atoms with E-state index in [1.54, 1.807) is 0 Å². The summed E-state index contributed by atoms with van der Waals surface area (Å²) in [5.74, 6) is -1.27. The third-order valence-corrected chi connectivity index (χ3v) is 3.08. The van der Waals surface area contributed by atoms with Gasteiger partial charge in [0.1, 0.15) is 17.3 Å². The van der Waals surface area contributed by atoms with Gasteiger partial charge in [0.15, 0.2) is 0 Å². The maximum atomic E-state index is 13.4. The van der Waals surface area contributed by atoms with Gasteiger partial charge in [0.05, 0.1) is 5.56 Å². The van der Waals surface area contributed by atoms with E-state index in [0.29, 0.717) is 25.7 Å². The normalized spacial score (nSPS) is 16.6. The molecular weight excluding hydrogens is 237 g/mol. The van der Waals surface area contributed by atoms with Crippen LogP contribution in [0.3, 0.4) is 0 Å². The summed E-state index contributed by atoms with van der Waals surface area (Å²) >= 11 is 0. The fraction of sp³-hybridized carbons (Fsp3) is 0.385. The van der Waals surface area contributed by atoms with Crippen LogP contribution in [0.2, 0.25) is 0 Å². The van der Waals surface area contributed by atoms with Crippen molar-refractivity contribution in [2.24, 2.45) is 0 Å². The number of halogens is 1. The summed E-state index contributed by atoms with van der Waals surface area (Å²) in [6.45, 7) is 0. The van der Waals surface area contributed by atoms with E-state index in [1.807, 2.05) is 0 Å². The third-order valence-electron chi connectivity index (χ3n) is 3.08. The molecule has 0 aromatic heterocycles. The molecule has 1 aromatic rings. The Morgan fingerprint density at radius 3 is 2.61 bits per heavy atom. The number of carbonyl (C=O) groups excluding carboxylic acids is 2. The lowest BCUT2D eigenvalue weighted by Crippen LogP contribution is -2.38. The number of aromatic hydroxyl groups is 1. The van der Waals surface area contributed by atoms with Crippen LogP contribution in [-0.2, 0) is 4.79 Å². The lowest BCUT2D eigenvalue weighted by Gasteiger charge is -2.22. The highest BCUT2D eigenvalue weighted by molar-refractivity contribution is 5.95. The van der Waals surface area contributed by atoms with Crippen LogP contribution in [0, 0.1) is 5.82 Å². The van der Waals surface area contributed by atoms with Crippen LogP contribution in [0.4, 0.5) is 4.39 Å². The molecule has 1 aliphatic carbocycles. The number of Topliss-reactive ketones (excluding diaryl/α,β-unsaturated/α-hetero) is 1. The van der Waals surface area contributed by atoms with Crippen LogP contribution in [0.15, 0.2) is 18.2 Å². The first-order chi connectivity index (χ1) is 8.56. The van der Waals surface area contributed by atoms with E-state index < -0.39 is 11.7 Å². The molecule has 1 saturated carbocycles. The number of ketones is 1. The van der Waals surface area contributed by atoms with Crippen molar-refractivity contribution < 1.29 is 19.1 Å². The molecule has 0 aliphatic heterocycles. The quantitative estimate of drug-likeness (QED) is 0.841. The molecule has 5 heteroatoms.